The number of nitrogens with zero attached hydrogens (tertiary/aromatic N) is 1. The Morgan fingerprint density at radius 1 is 1.40 bits per heavy atom. The van der Waals surface area contributed by atoms with Crippen LogP contribution in [-0.2, 0) is 6.42 Å². The molecule has 1 saturated heterocycles. The van der Waals surface area contributed by atoms with E-state index in [0.29, 0.717) is 11.8 Å². The number of nitrogens with one attached hydrogen (secondary N) is 1. The summed E-state index contributed by atoms with van der Waals surface area (Å²) in [6.07, 6.45) is 5.46. The molecule has 1 amide bonds. The van der Waals surface area contributed by atoms with Crippen molar-refractivity contribution in [1.82, 2.24) is 10.2 Å². The van der Waals surface area contributed by atoms with Crippen LogP contribution in [0.1, 0.15) is 55.8 Å². The summed E-state index contributed by atoms with van der Waals surface area (Å²) in [5.74, 6) is 1.38. The molecule has 1 aliphatic rings. The number of hydrogen-bond donors (Lipinski definition) is 1. The van der Waals surface area contributed by atoms with Crippen molar-refractivity contribution in [2.24, 2.45) is 0 Å². The molecule has 2 rings (SSSR count). The summed E-state index contributed by atoms with van der Waals surface area (Å²) < 4.78 is 5.60. The van der Waals surface area contributed by atoms with E-state index in [1.165, 1.54) is 12.8 Å². The van der Waals surface area contributed by atoms with Crippen LogP contribution in [0.4, 0.5) is 0 Å². The lowest BCUT2D eigenvalue weighted by Gasteiger charge is -2.30. The predicted molar refractivity (Wildman–Crippen MR) is 79.9 cm³/mol. The van der Waals surface area contributed by atoms with Gasteiger partial charge in [-0.15, -0.1) is 0 Å². The van der Waals surface area contributed by atoms with E-state index in [0.717, 1.165) is 44.7 Å². The van der Waals surface area contributed by atoms with Crippen molar-refractivity contribution >= 4 is 5.91 Å². The average Bonchev–Trinajstić information content (AvgIpc) is 2.96. The van der Waals surface area contributed by atoms with Crippen LogP contribution in [-0.4, -0.2) is 36.5 Å². The Balaban J connectivity index is 2.00. The number of aryl methyl sites for hydroxylation is 1. The SMILES string of the molecule is CCCN(CC1CCCCN1)C(=O)c1ccc(CC)o1. The van der Waals surface area contributed by atoms with Crippen molar-refractivity contribution < 1.29 is 9.21 Å². The maximum absolute atomic E-state index is 12.5. The molecule has 0 aliphatic carbocycles. The minimum atomic E-state index is 0.0268. The van der Waals surface area contributed by atoms with Crippen LogP contribution in [0.3, 0.4) is 0 Å². The van der Waals surface area contributed by atoms with Crippen molar-refractivity contribution in [1.29, 1.82) is 0 Å². The van der Waals surface area contributed by atoms with Crippen LogP contribution < -0.4 is 5.32 Å². The fourth-order valence-corrected chi connectivity index (χ4v) is 2.73. The summed E-state index contributed by atoms with van der Waals surface area (Å²) in [6.45, 7) is 6.78. The number of hydrogen-bond acceptors (Lipinski definition) is 3. The molecule has 1 aromatic rings. The van der Waals surface area contributed by atoms with Crippen molar-refractivity contribution in [3.05, 3.63) is 23.7 Å². The molecule has 1 unspecified atom stereocenters. The molecular formula is C16H26N2O2. The lowest BCUT2D eigenvalue weighted by molar-refractivity contribution is 0.0698. The Bertz CT molecular complexity index is 422. The number of piperidine rings is 1. The molecule has 4 heteroatoms. The first kappa shape index (κ1) is 15.1. The minimum Gasteiger partial charge on any atom is -0.456 e. The zero-order chi connectivity index (χ0) is 14.4. The summed E-state index contributed by atoms with van der Waals surface area (Å²) >= 11 is 0. The summed E-state index contributed by atoms with van der Waals surface area (Å²) in [5.41, 5.74) is 0. The van der Waals surface area contributed by atoms with E-state index in [9.17, 15) is 4.79 Å². The molecule has 0 saturated carbocycles. The molecule has 0 radical (unpaired) electrons. The second kappa shape index (κ2) is 7.48. The average molecular weight is 278 g/mol. The molecule has 0 bridgehead atoms. The second-order valence-electron chi connectivity index (χ2n) is 5.52. The number of furan rings is 1. The molecule has 20 heavy (non-hydrogen) atoms. The van der Waals surface area contributed by atoms with Crippen molar-refractivity contribution in [3.8, 4) is 0 Å². The largest absolute Gasteiger partial charge is 0.456 e. The molecule has 1 fully saturated rings. The molecule has 1 aromatic heterocycles. The molecule has 0 spiro atoms. The zero-order valence-corrected chi connectivity index (χ0v) is 12.7. The quantitative estimate of drug-likeness (QED) is 0.870. The smallest absolute Gasteiger partial charge is 0.289 e. The van der Waals surface area contributed by atoms with Gasteiger partial charge in [0.25, 0.3) is 5.91 Å². The van der Waals surface area contributed by atoms with Crippen LogP contribution >= 0.6 is 0 Å². The highest BCUT2D eigenvalue weighted by Gasteiger charge is 2.23. The third-order valence-corrected chi connectivity index (χ3v) is 3.85. The Hall–Kier alpha value is -1.29. The fourth-order valence-electron chi connectivity index (χ4n) is 2.73. The van der Waals surface area contributed by atoms with E-state index in [1.807, 2.05) is 17.9 Å². The molecule has 1 aliphatic heterocycles. The van der Waals surface area contributed by atoms with E-state index in [2.05, 4.69) is 12.2 Å². The molecule has 112 valence electrons. The Morgan fingerprint density at radius 3 is 2.85 bits per heavy atom. The normalized spacial score (nSPS) is 19.0. The summed E-state index contributed by atoms with van der Waals surface area (Å²) in [4.78, 5) is 14.5. The molecule has 1 N–H and O–H groups in total. The number of rotatable bonds is 6. The van der Waals surface area contributed by atoms with Gasteiger partial charge in [-0.2, -0.15) is 0 Å². The van der Waals surface area contributed by atoms with Crippen LogP contribution in [0.5, 0.6) is 0 Å². The predicted octanol–water partition coefficient (Wildman–Crippen LogP) is 2.84. The van der Waals surface area contributed by atoms with E-state index in [1.54, 1.807) is 6.07 Å². The maximum Gasteiger partial charge on any atom is 0.289 e. The standard InChI is InChI=1S/C16H26N2O2/c1-3-11-18(12-13-7-5-6-10-17-13)16(19)15-9-8-14(4-2)20-15/h8-9,13,17H,3-7,10-12H2,1-2H3. The van der Waals surface area contributed by atoms with Gasteiger partial charge in [0.15, 0.2) is 5.76 Å². The Labute approximate surface area is 121 Å². The number of carbonyl (C=O) groups is 1. The topological polar surface area (TPSA) is 45.5 Å². The van der Waals surface area contributed by atoms with Crippen molar-refractivity contribution in [2.75, 3.05) is 19.6 Å². The van der Waals surface area contributed by atoms with E-state index in [4.69, 9.17) is 4.42 Å². The number of carbonyl (C=O) groups excluding carboxylic acids is 1. The van der Waals surface area contributed by atoms with Gasteiger partial charge in [-0.1, -0.05) is 20.3 Å². The van der Waals surface area contributed by atoms with E-state index < -0.39 is 0 Å². The lowest BCUT2D eigenvalue weighted by atomic mass is 10.0. The van der Waals surface area contributed by atoms with Gasteiger partial charge in [0, 0.05) is 25.6 Å². The maximum atomic E-state index is 12.5. The van der Waals surface area contributed by atoms with Gasteiger partial charge >= 0.3 is 0 Å². The molecule has 1 atom stereocenters. The van der Waals surface area contributed by atoms with Gasteiger partial charge in [0.05, 0.1) is 0 Å². The van der Waals surface area contributed by atoms with Gasteiger partial charge in [-0.05, 0) is 37.9 Å². The number of amides is 1. The fraction of sp³-hybridized carbons (Fsp3) is 0.688. The van der Waals surface area contributed by atoms with E-state index in [-0.39, 0.29) is 5.91 Å². The van der Waals surface area contributed by atoms with Gasteiger partial charge < -0.3 is 14.6 Å². The highest BCUT2D eigenvalue weighted by Crippen LogP contribution is 2.14. The van der Waals surface area contributed by atoms with Crippen LogP contribution in [0.15, 0.2) is 16.5 Å². The minimum absolute atomic E-state index is 0.0268. The Morgan fingerprint density at radius 2 is 2.25 bits per heavy atom. The highest BCUT2D eigenvalue weighted by atomic mass is 16.4. The first-order valence-electron chi connectivity index (χ1n) is 7.86. The third-order valence-electron chi connectivity index (χ3n) is 3.85. The van der Waals surface area contributed by atoms with Gasteiger partial charge in [-0.3, -0.25) is 4.79 Å². The van der Waals surface area contributed by atoms with E-state index >= 15 is 0 Å². The van der Waals surface area contributed by atoms with Crippen molar-refractivity contribution in [2.45, 2.75) is 52.0 Å². The summed E-state index contributed by atoms with van der Waals surface area (Å²) in [6, 6.07) is 4.13. The van der Waals surface area contributed by atoms with Gasteiger partial charge in [0.2, 0.25) is 0 Å². The van der Waals surface area contributed by atoms with Crippen LogP contribution in [0.25, 0.3) is 0 Å². The van der Waals surface area contributed by atoms with Crippen molar-refractivity contribution in [3.63, 3.8) is 0 Å². The molecule has 0 aromatic carbocycles. The summed E-state index contributed by atoms with van der Waals surface area (Å²) in [5, 5.41) is 3.51. The van der Waals surface area contributed by atoms with Crippen LogP contribution in [0, 0.1) is 0 Å². The van der Waals surface area contributed by atoms with Gasteiger partial charge in [0.1, 0.15) is 5.76 Å². The lowest BCUT2D eigenvalue weighted by Crippen LogP contribution is -2.46. The first-order valence-corrected chi connectivity index (χ1v) is 7.86. The zero-order valence-electron chi connectivity index (χ0n) is 12.7. The monoisotopic (exact) mass is 278 g/mol. The van der Waals surface area contributed by atoms with Crippen LogP contribution in [0.2, 0.25) is 0 Å². The first-order chi connectivity index (χ1) is 9.74. The molecule has 4 nitrogen and oxygen atoms in total. The second-order valence-corrected chi connectivity index (χ2v) is 5.52. The highest BCUT2D eigenvalue weighted by molar-refractivity contribution is 5.91. The molecule has 2 heterocycles. The third kappa shape index (κ3) is 3.85. The Kier molecular flexibility index (Phi) is 5.65. The summed E-state index contributed by atoms with van der Waals surface area (Å²) in [7, 11) is 0. The van der Waals surface area contributed by atoms with Gasteiger partial charge in [-0.25, -0.2) is 0 Å². The molecular weight excluding hydrogens is 252 g/mol.